The van der Waals surface area contributed by atoms with Crippen LogP contribution in [0.25, 0.3) is 0 Å². The summed E-state index contributed by atoms with van der Waals surface area (Å²) in [5, 5.41) is 2.97. The fraction of sp³-hybridized carbons (Fsp3) is 0.533. The van der Waals surface area contributed by atoms with Crippen LogP contribution in [0.15, 0.2) is 30.3 Å². The van der Waals surface area contributed by atoms with Gasteiger partial charge < -0.3 is 15.8 Å². The lowest BCUT2D eigenvalue weighted by Gasteiger charge is -2.25. The molecule has 2 unspecified atom stereocenters. The minimum absolute atomic E-state index is 0.00515. The summed E-state index contributed by atoms with van der Waals surface area (Å²) in [6.45, 7) is 3.43. The predicted molar refractivity (Wildman–Crippen MR) is 74.7 cm³/mol. The second kappa shape index (κ2) is 6.17. The summed E-state index contributed by atoms with van der Waals surface area (Å²) < 4.78 is 5.28. The zero-order valence-electron chi connectivity index (χ0n) is 11.4. The average molecular weight is 262 g/mol. The molecule has 1 fully saturated rings. The number of ether oxygens (including phenoxy) is 1. The van der Waals surface area contributed by atoms with Crippen LogP contribution in [0.3, 0.4) is 0 Å². The monoisotopic (exact) mass is 262 g/mol. The minimum atomic E-state index is -0.577. The van der Waals surface area contributed by atoms with Crippen molar-refractivity contribution in [3.05, 3.63) is 35.9 Å². The summed E-state index contributed by atoms with van der Waals surface area (Å²) in [4.78, 5) is 12.1. The molecule has 1 aromatic rings. The van der Waals surface area contributed by atoms with Crippen LogP contribution in [-0.4, -0.2) is 31.7 Å². The number of amides is 1. The first kappa shape index (κ1) is 14.0. The molecule has 104 valence electrons. The standard InChI is InChI=1S/C15H22N2O2/c1-15(11-19-10-13(15)16)14(18)17-9-5-8-12-6-3-2-4-7-12/h2-4,6-7,13H,5,8-11,16H2,1H3,(H,17,18). The maximum atomic E-state index is 12.1. The van der Waals surface area contributed by atoms with Gasteiger partial charge in [0, 0.05) is 12.6 Å². The van der Waals surface area contributed by atoms with Gasteiger partial charge in [-0.3, -0.25) is 4.79 Å². The van der Waals surface area contributed by atoms with Crippen molar-refractivity contribution < 1.29 is 9.53 Å². The molecule has 0 aromatic heterocycles. The normalized spacial score (nSPS) is 26.3. The lowest BCUT2D eigenvalue weighted by atomic mass is 9.85. The van der Waals surface area contributed by atoms with Crippen molar-refractivity contribution in [3.63, 3.8) is 0 Å². The molecule has 0 spiro atoms. The van der Waals surface area contributed by atoms with E-state index in [1.807, 2.05) is 25.1 Å². The van der Waals surface area contributed by atoms with E-state index in [0.717, 1.165) is 12.8 Å². The number of rotatable bonds is 5. The number of carbonyl (C=O) groups excluding carboxylic acids is 1. The van der Waals surface area contributed by atoms with Gasteiger partial charge >= 0.3 is 0 Å². The van der Waals surface area contributed by atoms with Crippen molar-refractivity contribution in [2.75, 3.05) is 19.8 Å². The Labute approximate surface area is 114 Å². The van der Waals surface area contributed by atoms with E-state index < -0.39 is 5.41 Å². The van der Waals surface area contributed by atoms with Crippen LogP contribution >= 0.6 is 0 Å². The highest BCUT2D eigenvalue weighted by molar-refractivity contribution is 5.83. The Morgan fingerprint density at radius 1 is 1.47 bits per heavy atom. The Hall–Kier alpha value is -1.39. The summed E-state index contributed by atoms with van der Waals surface area (Å²) in [6.07, 6.45) is 1.91. The molecule has 4 nitrogen and oxygen atoms in total. The number of nitrogens with one attached hydrogen (secondary N) is 1. The number of carbonyl (C=O) groups is 1. The fourth-order valence-electron chi connectivity index (χ4n) is 2.26. The Bertz CT molecular complexity index is 421. The van der Waals surface area contributed by atoms with Gasteiger partial charge in [0.25, 0.3) is 0 Å². The first-order valence-electron chi connectivity index (χ1n) is 6.78. The first-order valence-corrected chi connectivity index (χ1v) is 6.78. The lowest BCUT2D eigenvalue weighted by Crippen LogP contribution is -2.50. The van der Waals surface area contributed by atoms with Gasteiger partial charge in [-0.25, -0.2) is 0 Å². The second-order valence-corrected chi connectivity index (χ2v) is 5.38. The van der Waals surface area contributed by atoms with Crippen LogP contribution in [0.1, 0.15) is 18.9 Å². The molecule has 0 aliphatic carbocycles. The molecular weight excluding hydrogens is 240 g/mol. The van der Waals surface area contributed by atoms with Crippen LogP contribution in [0.4, 0.5) is 0 Å². The van der Waals surface area contributed by atoms with E-state index in [4.69, 9.17) is 10.5 Å². The smallest absolute Gasteiger partial charge is 0.229 e. The number of hydrogen-bond acceptors (Lipinski definition) is 3. The molecule has 4 heteroatoms. The van der Waals surface area contributed by atoms with E-state index in [9.17, 15) is 4.79 Å². The van der Waals surface area contributed by atoms with Gasteiger partial charge in [-0.05, 0) is 25.3 Å². The molecule has 1 aromatic carbocycles. The number of benzene rings is 1. The molecule has 1 amide bonds. The molecule has 0 radical (unpaired) electrons. The SMILES string of the molecule is CC1(C(=O)NCCCc2ccccc2)COCC1N. The lowest BCUT2D eigenvalue weighted by molar-refractivity contribution is -0.130. The van der Waals surface area contributed by atoms with E-state index in [1.165, 1.54) is 5.56 Å². The highest BCUT2D eigenvalue weighted by Crippen LogP contribution is 2.26. The van der Waals surface area contributed by atoms with Crippen molar-refractivity contribution >= 4 is 5.91 Å². The van der Waals surface area contributed by atoms with Crippen molar-refractivity contribution in [2.24, 2.45) is 11.1 Å². The highest BCUT2D eigenvalue weighted by atomic mass is 16.5. The zero-order chi connectivity index (χ0) is 13.7. The van der Waals surface area contributed by atoms with Gasteiger partial charge in [-0.15, -0.1) is 0 Å². The molecule has 1 aliphatic rings. The molecule has 1 heterocycles. The van der Waals surface area contributed by atoms with Gasteiger partial charge in [-0.2, -0.15) is 0 Å². The van der Waals surface area contributed by atoms with Crippen LogP contribution < -0.4 is 11.1 Å². The molecule has 19 heavy (non-hydrogen) atoms. The molecule has 0 bridgehead atoms. The topological polar surface area (TPSA) is 64.3 Å². The first-order chi connectivity index (χ1) is 9.13. The van der Waals surface area contributed by atoms with E-state index in [-0.39, 0.29) is 11.9 Å². The quantitative estimate of drug-likeness (QED) is 0.781. The summed E-state index contributed by atoms with van der Waals surface area (Å²) >= 11 is 0. The second-order valence-electron chi connectivity index (χ2n) is 5.38. The number of nitrogens with two attached hydrogens (primary N) is 1. The van der Waals surface area contributed by atoms with Crippen LogP contribution in [0, 0.1) is 5.41 Å². The Morgan fingerprint density at radius 3 is 2.84 bits per heavy atom. The number of hydrogen-bond donors (Lipinski definition) is 2. The van der Waals surface area contributed by atoms with Crippen molar-refractivity contribution in [1.82, 2.24) is 5.32 Å². The molecule has 2 rings (SSSR count). The Balaban J connectivity index is 1.73. The summed E-state index contributed by atoms with van der Waals surface area (Å²) in [6, 6.07) is 10.1. The molecule has 3 N–H and O–H groups in total. The highest BCUT2D eigenvalue weighted by Gasteiger charge is 2.44. The third-order valence-electron chi connectivity index (χ3n) is 3.81. The van der Waals surface area contributed by atoms with Crippen molar-refractivity contribution in [2.45, 2.75) is 25.8 Å². The fourth-order valence-corrected chi connectivity index (χ4v) is 2.26. The van der Waals surface area contributed by atoms with Gasteiger partial charge in [0.2, 0.25) is 5.91 Å². The van der Waals surface area contributed by atoms with Gasteiger partial charge in [0.15, 0.2) is 0 Å². The molecule has 1 aliphatic heterocycles. The predicted octanol–water partition coefficient (Wildman–Crippen LogP) is 1.10. The van der Waals surface area contributed by atoms with E-state index in [2.05, 4.69) is 17.4 Å². The molecular formula is C15H22N2O2. The van der Waals surface area contributed by atoms with Crippen LogP contribution in [0.5, 0.6) is 0 Å². The molecule has 0 saturated carbocycles. The number of aryl methyl sites for hydroxylation is 1. The summed E-state index contributed by atoms with van der Waals surface area (Å²) in [5.74, 6) is 0.00515. The van der Waals surface area contributed by atoms with E-state index >= 15 is 0 Å². The zero-order valence-corrected chi connectivity index (χ0v) is 11.4. The third kappa shape index (κ3) is 3.33. The molecule has 1 saturated heterocycles. The van der Waals surface area contributed by atoms with Crippen LogP contribution in [0.2, 0.25) is 0 Å². The Kier molecular flexibility index (Phi) is 4.56. The van der Waals surface area contributed by atoms with E-state index in [1.54, 1.807) is 0 Å². The van der Waals surface area contributed by atoms with Gasteiger partial charge in [0.1, 0.15) is 0 Å². The maximum absolute atomic E-state index is 12.1. The van der Waals surface area contributed by atoms with Crippen molar-refractivity contribution in [1.29, 1.82) is 0 Å². The van der Waals surface area contributed by atoms with Gasteiger partial charge in [-0.1, -0.05) is 30.3 Å². The largest absolute Gasteiger partial charge is 0.379 e. The Morgan fingerprint density at radius 2 is 2.21 bits per heavy atom. The van der Waals surface area contributed by atoms with Crippen LogP contribution in [-0.2, 0) is 16.0 Å². The molecule has 2 atom stereocenters. The average Bonchev–Trinajstić information content (AvgIpc) is 2.77. The van der Waals surface area contributed by atoms with Gasteiger partial charge in [0.05, 0.1) is 18.6 Å². The van der Waals surface area contributed by atoms with Crippen molar-refractivity contribution in [3.8, 4) is 0 Å². The minimum Gasteiger partial charge on any atom is -0.379 e. The summed E-state index contributed by atoms with van der Waals surface area (Å²) in [5.41, 5.74) is 6.64. The summed E-state index contributed by atoms with van der Waals surface area (Å²) in [7, 11) is 0. The maximum Gasteiger partial charge on any atom is 0.229 e. The third-order valence-corrected chi connectivity index (χ3v) is 3.81. The van der Waals surface area contributed by atoms with E-state index in [0.29, 0.717) is 19.8 Å².